The summed E-state index contributed by atoms with van der Waals surface area (Å²) in [7, 11) is 0. The highest BCUT2D eigenvalue weighted by atomic mass is 32.2. The predicted molar refractivity (Wildman–Crippen MR) is 109 cm³/mol. The molecular formula is C21H17N5OS. The SMILES string of the molecule is CC(=N)C(C#N)C(=O)CSc1nnc(-c2ccccc2)c(-c2ccccc2)n1. The molecule has 138 valence electrons. The number of nitrogens with zero attached hydrogens (tertiary/aromatic N) is 4. The molecule has 0 amide bonds. The first kappa shape index (κ1) is 19.4. The van der Waals surface area contributed by atoms with Gasteiger partial charge in [0.05, 0.1) is 11.8 Å². The number of benzene rings is 2. The summed E-state index contributed by atoms with van der Waals surface area (Å²) in [5, 5.41) is 25.5. The summed E-state index contributed by atoms with van der Waals surface area (Å²) in [6, 6.07) is 21.2. The van der Waals surface area contributed by atoms with Gasteiger partial charge >= 0.3 is 0 Å². The van der Waals surface area contributed by atoms with Crippen molar-refractivity contribution in [3.8, 4) is 28.6 Å². The van der Waals surface area contributed by atoms with Crippen molar-refractivity contribution in [2.24, 2.45) is 5.92 Å². The van der Waals surface area contributed by atoms with Crippen LogP contribution >= 0.6 is 11.8 Å². The van der Waals surface area contributed by atoms with Crippen molar-refractivity contribution in [3.05, 3.63) is 60.7 Å². The van der Waals surface area contributed by atoms with E-state index in [2.05, 4.69) is 15.2 Å². The van der Waals surface area contributed by atoms with E-state index in [4.69, 9.17) is 10.7 Å². The second kappa shape index (κ2) is 9.02. The molecule has 0 aliphatic heterocycles. The van der Waals surface area contributed by atoms with Gasteiger partial charge in [0.1, 0.15) is 17.3 Å². The van der Waals surface area contributed by atoms with Gasteiger partial charge in [0.2, 0.25) is 5.16 Å². The summed E-state index contributed by atoms with van der Waals surface area (Å²) < 4.78 is 0. The fourth-order valence-corrected chi connectivity index (χ4v) is 3.28. The van der Waals surface area contributed by atoms with Gasteiger partial charge in [-0.15, -0.1) is 10.2 Å². The van der Waals surface area contributed by atoms with E-state index in [1.165, 1.54) is 6.92 Å². The lowest BCUT2D eigenvalue weighted by atomic mass is 10.0. The molecule has 0 radical (unpaired) electrons. The van der Waals surface area contributed by atoms with Crippen molar-refractivity contribution in [2.75, 3.05) is 5.75 Å². The molecule has 2 aromatic carbocycles. The van der Waals surface area contributed by atoms with E-state index in [1.807, 2.05) is 66.7 Å². The Labute approximate surface area is 167 Å². The molecule has 1 aromatic heterocycles. The molecule has 0 aliphatic rings. The summed E-state index contributed by atoms with van der Waals surface area (Å²) in [6.07, 6.45) is 0. The van der Waals surface area contributed by atoms with Crippen LogP contribution in [0.25, 0.3) is 22.5 Å². The topological polar surface area (TPSA) is 103 Å². The highest BCUT2D eigenvalue weighted by Gasteiger charge is 2.21. The van der Waals surface area contributed by atoms with E-state index in [1.54, 1.807) is 0 Å². The summed E-state index contributed by atoms with van der Waals surface area (Å²) in [6.45, 7) is 1.46. The number of carbonyl (C=O) groups is 1. The third-order valence-corrected chi connectivity index (χ3v) is 4.85. The minimum absolute atomic E-state index is 0.00897. The molecule has 3 rings (SSSR count). The van der Waals surface area contributed by atoms with E-state index in [9.17, 15) is 4.79 Å². The van der Waals surface area contributed by atoms with Crippen LogP contribution in [0.15, 0.2) is 65.8 Å². The van der Waals surface area contributed by atoms with Gasteiger partial charge in [-0.1, -0.05) is 72.4 Å². The molecule has 0 saturated carbocycles. The molecule has 3 aromatic rings. The Bertz CT molecular complexity index is 1030. The van der Waals surface area contributed by atoms with Gasteiger partial charge in [-0.3, -0.25) is 4.79 Å². The fourth-order valence-electron chi connectivity index (χ4n) is 2.59. The van der Waals surface area contributed by atoms with Crippen molar-refractivity contribution in [1.82, 2.24) is 15.2 Å². The minimum atomic E-state index is -1.03. The summed E-state index contributed by atoms with van der Waals surface area (Å²) in [5.74, 6) is -1.36. The normalized spacial score (nSPS) is 11.4. The van der Waals surface area contributed by atoms with Gasteiger partial charge in [0.15, 0.2) is 5.78 Å². The first-order chi connectivity index (χ1) is 13.6. The maximum atomic E-state index is 12.2. The predicted octanol–water partition coefficient (Wildman–Crippen LogP) is 4.05. The van der Waals surface area contributed by atoms with Crippen molar-refractivity contribution in [2.45, 2.75) is 12.1 Å². The summed E-state index contributed by atoms with van der Waals surface area (Å²) in [5.41, 5.74) is 3.17. The second-order valence-electron chi connectivity index (χ2n) is 6.02. The number of Topliss-reactive ketones (excluding diaryl/α,β-unsaturated/α-hetero) is 1. The summed E-state index contributed by atoms with van der Waals surface area (Å²) in [4.78, 5) is 16.8. The van der Waals surface area contributed by atoms with E-state index >= 15 is 0 Å². The molecule has 0 bridgehead atoms. The highest BCUT2D eigenvalue weighted by Crippen LogP contribution is 2.29. The zero-order valence-electron chi connectivity index (χ0n) is 15.2. The fraction of sp³-hybridized carbons (Fsp3) is 0.143. The Morgan fingerprint density at radius 2 is 1.61 bits per heavy atom. The zero-order valence-corrected chi connectivity index (χ0v) is 16.0. The molecule has 1 atom stereocenters. The number of nitriles is 1. The average Bonchev–Trinajstić information content (AvgIpc) is 2.73. The van der Waals surface area contributed by atoms with E-state index in [0.717, 1.165) is 22.9 Å². The van der Waals surface area contributed by atoms with Crippen molar-refractivity contribution in [1.29, 1.82) is 10.7 Å². The summed E-state index contributed by atoms with van der Waals surface area (Å²) >= 11 is 1.12. The number of carbonyl (C=O) groups excluding carboxylic acids is 1. The van der Waals surface area contributed by atoms with Gasteiger partial charge in [-0.25, -0.2) is 4.98 Å². The van der Waals surface area contributed by atoms with Crippen LogP contribution in [0.5, 0.6) is 0 Å². The maximum absolute atomic E-state index is 12.2. The maximum Gasteiger partial charge on any atom is 0.210 e. The van der Waals surface area contributed by atoms with Crippen LogP contribution in [0, 0.1) is 22.7 Å². The third-order valence-electron chi connectivity index (χ3n) is 3.99. The van der Waals surface area contributed by atoms with Crippen molar-refractivity contribution >= 4 is 23.3 Å². The highest BCUT2D eigenvalue weighted by molar-refractivity contribution is 7.99. The lowest BCUT2D eigenvalue weighted by Gasteiger charge is -2.10. The molecule has 28 heavy (non-hydrogen) atoms. The molecule has 0 fully saturated rings. The molecule has 7 heteroatoms. The lowest BCUT2D eigenvalue weighted by molar-refractivity contribution is -0.117. The Kier molecular flexibility index (Phi) is 6.25. The number of aromatic nitrogens is 3. The van der Waals surface area contributed by atoms with Crippen LogP contribution in [0.4, 0.5) is 0 Å². The van der Waals surface area contributed by atoms with Crippen LogP contribution in [0.2, 0.25) is 0 Å². The molecule has 0 spiro atoms. The number of rotatable bonds is 7. The standard InChI is InChI=1S/C21H17N5OS/c1-14(23)17(12-22)18(27)13-28-21-24-19(15-8-4-2-5-9-15)20(25-26-21)16-10-6-3-7-11-16/h2-11,17,23H,13H2,1H3. The van der Waals surface area contributed by atoms with E-state index in [-0.39, 0.29) is 17.2 Å². The van der Waals surface area contributed by atoms with Crippen LogP contribution in [0.3, 0.4) is 0 Å². The third kappa shape index (κ3) is 4.48. The molecule has 0 saturated heterocycles. The second-order valence-corrected chi connectivity index (χ2v) is 6.97. The Morgan fingerprint density at radius 1 is 1.04 bits per heavy atom. The average molecular weight is 387 g/mol. The molecule has 6 nitrogen and oxygen atoms in total. The Balaban J connectivity index is 1.92. The van der Waals surface area contributed by atoms with Gasteiger partial charge in [0, 0.05) is 16.8 Å². The molecular weight excluding hydrogens is 370 g/mol. The Hall–Kier alpha value is -3.37. The lowest BCUT2D eigenvalue weighted by Crippen LogP contribution is -2.21. The number of ketones is 1. The quantitative estimate of drug-likeness (QED) is 0.484. The molecule has 0 aliphatic carbocycles. The van der Waals surface area contributed by atoms with Gasteiger partial charge < -0.3 is 5.41 Å². The number of hydrogen-bond donors (Lipinski definition) is 1. The van der Waals surface area contributed by atoms with Crippen LogP contribution < -0.4 is 0 Å². The smallest absolute Gasteiger partial charge is 0.210 e. The van der Waals surface area contributed by atoms with Crippen LogP contribution in [0.1, 0.15) is 6.92 Å². The van der Waals surface area contributed by atoms with Crippen LogP contribution in [-0.4, -0.2) is 32.4 Å². The van der Waals surface area contributed by atoms with Gasteiger partial charge in [0.25, 0.3) is 0 Å². The van der Waals surface area contributed by atoms with Crippen molar-refractivity contribution < 1.29 is 4.79 Å². The monoisotopic (exact) mass is 387 g/mol. The number of thioether (sulfide) groups is 1. The van der Waals surface area contributed by atoms with Crippen LogP contribution in [-0.2, 0) is 4.79 Å². The minimum Gasteiger partial charge on any atom is -0.308 e. The molecule has 1 N–H and O–H groups in total. The van der Waals surface area contributed by atoms with Gasteiger partial charge in [-0.05, 0) is 6.92 Å². The number of nitrogens with one attached hydrogen (secondary N) is 1. The zero-order chi connectivity index (χ0) is 19.9. The number of hydrogen-bond acceptors (Lipinski definition) is 7. The van der Waals surface area contributed by atoms with Crippen molar-refractivity contribution in [3.63, 3.8) is 0 Å². The first-order valence-electron chi connectivity index (χ1n) is 8.56. The first-order valence-corrected chi connectivity index (χ1v) is 9.54. The van der Waals surface area contributed by atoms with E-state index in [0.29, 0.717) is 16.5 Å². The molecule has 1 unspecified atom stereocenters. The Morgan fingerprint density at radius 3 is 2.14 bits per heavy atom. The largest absolute Gasteiger partial charge is 0.308 e. The molecule has 1 heterocycles. The van der Waals surface area contributed by atoms with E-state index < -0.39 is 5.92 Å². The van der Waals surface area contributed by atoms with Gasteiger partial charge in [-0.2, -0.15) is 5.26 Å².